The fraction of sp³-hybridized carbons (Fsp3) is 0.615. The fourth-order valence-electron chi connectivity index (χ4n) is 5.47. The number of hydrogen-bond donors (Lipinski definition) is 3. The third-order valence-electron chi connectivity index (χ3n) is 7.35. The maximum atomic E-state index is 13.7. The van der Waals surface area contributed by atoms with E-state index in [9.17, 15) is 23.7 Å². The molecule has 2 aliphatic rings. The van der Waals surface area contributed by atoms with Crippen LogP contribution in [0.1, 0.15) is 67.8 Å². The number of phosphoric ester groups is 1. The van der Waals surface area contributed by atoms with Crippen molar-refractivity contribution in [1.29, 1.82) is 0 Å². The Morgan fingerprint density at radius 3 is 2.62 bits per heavy atom. The van der Waals surface area contributed by atoms with Crippen LogP contribution in [-0.4, -0.2) is 80.3 Å². The number of aldehydes is 1. The predicted octanol–water partition coefficient (Wildman–Crippen LogP) is 2.52. The van der Waals surface area contributed by atoms with Gasteiger partial charge in [0.1, 0.15) is 17.8 Å². The second-order valence-electron chi connectivity index (χ2n) is 10.2. The zero-order chi connectivity index (χ0) is 28.6. The highest BCUT2D eigenvalue weighted by molar-refractivity contribution is 7.99. The number of amides is 3. The van der Waals surface area contributed by atoms with Crippen LogP contribution in [-0.2, 0) is 25.4 Å². The van der Waals surface area contributed by atoms with Gasteiger partial charge >= 0.3 is 7.82 Å². The van der Waals surface area contributed by atoms with Crippen molar-refractivity contribution in [3.05, 3.63) is 29.3 Å². The average molecular weight is 584 g/mol. The van der Waals surface area contributed by atoms with Crippen molar-refractivity contribution in [2.75, 3.05) is 24.6 Å². The molecule has 1 heterocycles. The second-order valence-corrected chi connectivity index (χ2v) is 12.5. The molecule has 0 radical (unpaired) electrons. The largest absolute Gasteiger partial charge is 0.524 e. The normalized spacial score (nSPS) is 19.7. The van der Waals surface area contributed by atoms with Crippen molar-refractivity contribution in [2.24, 2.45) is 11.7 Å². The van der Waals surface area contributed by atoms with E-state index in [0.717, 1.165) is 18.6 Å². The number of nitrogens with two attached hydrogens (primary N) is 1. The molecule has 2 fully saturated rings. The van der Waals surface area contributed by atoms with Gasteiger partial charge in [-0.15, -0.1) is 0 Å². The second kappa shape index (κ2) is 14.3. The summed E-state index contributed by atoms with van der Waals surface area (Å²) in [5, 5.41) is 0. The first-order valence-corrected chi connectivity index (χ1v) is 16.0. The number of carbonyl (C=O) groups excluding carboxylic acids is 4. The molecule has 1 aliphatic carbocycles. The van der Waals surface area contributed by atoms with Gasteiger partial charge in [0.05, 0.1) is 5.56 Å². The van der Waals surface area contributed by atoms with Gasteiger partial charge in [0, 0.05) is 37.9 Å². The molecular formula is C26H38N3O8PS. The van der Waals surface area contributed by atoms with E-state index in [4.69, 9.17) is 15.5 Å². The molecule has 0 spiro atoms. The molecule has 3 rings (SSSR count). The minimum absolute atomic E-state index is 0.0952. The van der Waals surface area contributed by atoms with Gasteiger partial charge in [-0.2, -0.15) is 11.8 Å². The summed E-state index contributed by atoms with van der Waals surface area (Å²) in [5.74, 6) is -0.0468. The van der Waals surface area contributed by atoms with Crippen LogP contribution >= 0.6 is 19.6 Å². The molecule has 0 aromatic heterocycles. The van der Waals surface area contributed by atoms with Gasteiger partial charge < -0.3 is 20.1 Å². The minimum Gasteiger partial charge on any atom is -0.403 e. The highest BCUT2D eigenvalue weighted by Gasteiger charge is 2.39. The lowest BCUT2D eigenvalue weighted by Gasteiger charge is -2.36. The maximum Gasteiger partial charge on any atom is 0.524 e. The van der Waals surface area contributed by atoms with Crippen LogP contribution in [0, 0.1) is 5.92 Å². The third-order valence-corrected chi connectivity index (χ3v) is 8.81. The van der Waals surface area contributed by atoms with Gasteiger partial charge in [0.25, 0.3) is 0 Å². The van der Waals surface area contributed by atoms with Crippen LogP contribution < -0.4 is 10.3 Å². The highest BCUT2D eigenvalue weighted by Crippen LogP contribution is 2.39. The summed E-state index contributed by atoms with van der Waals surface area (Å²) in [6.07, 6.45) is 8.54. The van der Waals surface area contributed by atoms with Gasteiger partial charge in [0.15, 0.2) is 6.29 Å². The van der Waals surface area contributed by atoms with Crippen LogP contribution in [0.2, 0.25) is 0 Å². The lowest BCUT2D eigenvalue weighted by atomic mass is 9.86. The molecule has 4 N–H and O–H groups in total. The summed E-state index contributed by atoms with van der Waals surface area (Å²) in [5.41, 5.74) is 6.00. The van der Waals surface area contributed by atoms with Crippen molar-refractivity contribution < 1.29 is 38.1 Å². The molecule has 1 aromatic carbocycles. The smallest absolute Gasteiger partial charge is 0.403 e. The van der Waals surface area contributed by atoms with Crippen molar-refractivity contribution >= 4 is 43.6 Å². The predicted molar refractivity (Wildman–Crippen MR) is 147 cm³/mol. The quantitative estimate of drug-likeness (QED) is 0.247. The zero-order valence-corrected chi connectivity index (χ0v) is 23.9. The van der Waals surface area contributed by atoms with Crippen molar-refractivity contribution in [2.45, 2.75) is 70.4 Å². The van der Waals surface area contributed by atoms with Crippen LogP contribution in [0.5, 0.6) is 5.75 Å². The first-order valence-electron chi connectivity index (χ1n) is 13.3. The van der Waals surface area contributed by atoms with E-state index in [-0.39, 0.29) is 23.6 Å². The number of primary amides is 1. The van der Waals surface area contributed by atoms with E-state index in [1.165, 1.54) is 62.1 Å². The Bertz CT molecular complexity index is 1090. The summed E-state index contributed by atoms with van der Waals surface area (Å²) < 4.78 is 15.8. The number of rotatable bonds is 12. The number of thioether (sulfide) groups is 1. The Kier molecular flexibility index (Phi) is 11.4. The highest BCUT2D eigenvalue weighted by atomic mass is 32.2. The SMILES string of the molecule is CC(=O)N([C@@H](Cc1ccc(OP(=O)(O)O)c(C=O)c1)C(N)=O)[C@H]1CSCCN(CCCC2CCCCC2)C1=O. The fourth-order valence-corrected chi connectivity index (χ4v) is 6.94. The summed E-state index contributed by atoms with van der Waals surface area (Å²) in [7, 11) is -4.90. The van der Waals surface area contributed by atoms with E-state index in [1.807, 2.05) is 0 Å². The molecule has 11 nitrogen and oxygen atoms in total. The van der Waals surface area contributed by atoms with Crippen molar-refractivity contribution in [3.8, 4) is 5.75 Å². The Morgan fingerprint density at radius 1 is 1.28 bits per heavy atom. The summed E-state index contributed by atoms with van der Waals surface area (Å²) in [6, 6.07) is 1.90. The first-order chi connectivity index (χ1) is 18.5. The molecule has 1 saturated carbocycles. The minimum atomic E-state index is -4.90. The van der Waals surface area contributed by atoms with Gasteiger partial charge in [-0.25, -0.2) is 4.57 Å². The maximum absolute atomic E-state index is 13.7. The molecule has 2 atom stereocenters. The number of hydrogen-bond acceptors (Lipinski definition) is 7. The Morgan fingerprint density at radius 2 is 2.00 bits per heavy atom. The average Bonchev–Trinajstić information content (AvgIpc) is 3.05. The van der Waals surface area contributed by atoms with Crippen molar-refractivity contribution in [1.82, 2.24) is 9.80 Å². The number of benzene rings is 1. The van der Waals surface area contributed by atoms with E-state index in [0.29, 0.717) is 36.6 Å². The van der Waals surface area contributed by atoms with Gasteiger partial charge in [-0.3, -0.25) is 29.0 Å². The molecule has 3 amide bonds. The lowest BCUT2D eigenvalue weighted by molar-refractivity contribution is -0.148. The van der Waals surface area contributed by atoms with E-state index in [2.05, 4.69) is 4.52 Å². The van der Waals surface area contributed by atoms with Crippen molar-refractivity contribution in [3.63, 3.8) is 0 Å². The molecule has 13 heteroatoms. The third kappa shape index (κ3) is 9.06. The monoisotopic (exact) mass is 583 g/mol. The zero-order valence-electron chi connectivity index (χ0n) is 22.2. The molecule has 39 heavy (non-hydrogen) atoms. The topological polar surface area (TPSA) is 168 Å². The van der Waals surface area contributed by atoms with Crippen LogP contribution in [0.4, 0.5) is 0 Å². The van der Waals surface area contributed by atoms with Gasteiger partial charge in [0.2, 0.25) is 17.7 Å². The lowest BCUT2D eigenvalue weighted by Crippen LogP contribution is -2.58. The van der Waals surface area contributed by atoms with Gasteiger partial charge in [-0.1, -0.05) is 38.2 Å². The summed E-state index contributed by atoms with van der Waals surface area (Å²) in [6.45, 7) is 2.46. The molecule has 0 bridgehead atoms. The van der Waals surface area contributed by atoms with Crippen LogP contribution in [0.25, 0.3) is 0 Å². The number of phosphoric acid groups is 1. The molecule has 1 aliphatic heterocycles. The standard InChI is InChI=1S/C26H38N3O8PS/c1-18(31)29(22(25(27)32)15-20-9-10-24(21(14-20)16-30)37-38(34,35)36)23-17-39-13-12-28(26(23)33)11-5-8-19-6-3-2-4-7-19/h9-10,14,16,19,22-23H,2-8,11-13,15,17H2,1H3,(H2,27,32)(H2,34,35,36)/t22-,23-/m0/s1. The summed E-state index contributed by atoms with van der Waals surface area (Å²) in [4.78, 5) is 71.9. The van der Waals surface area contributed by atoms with Gasteiger partial charge in [-0.05, 0) is 36.5 Å². The van der Waals surface area contributed by atoms with E-state index < -0.39 is 31.7 Å². The Hall–Kier alpha value is -2.40. The molecule has 1 aromatic rings. The van der Waals surface area contributed by atoms with Crippen LogP contribution in [0.3, 0.4) is 0 Å². The number of nitrogens with zero attached hydrogens (tertiary/aromatic N) is 2. The van der Waals surface area contributed by atoms with E-state index >= 15 is 0 Å². The molecular weight excluding hydrogens is 545 g/mol. The number of carbonyl (C=O) groups is 4. The Labute approximate surface area is 233 Å². The molecule has 216 valence electrons. The molecule has 0 unspecified atom stereocenters. The first kappa shape index (κ1) is 31.1. The molecule has 1 saturated heterocycles. The Balaban J connectivity index is 1.78. The summed E-state index contributed by atoms with van der Waals surface area (Å²) >= 11 is 1.54. The van der Waals surface area contributed by atoms with Crippen LogP contribution in [0.15, 0.2) is 18.2 Å². The van der Waals surface area contributed by atoms with E-state index in [1.54, 1.807) is 16.7 Å².